The molecule has 1 saturated carbocycles. The van der Waals surface area contributed by atoms with Crippen LogP contribution in [0.1, 0.15) is 61.6 Å². The zero-order valence-electron chi connectivity index (χ0n) is 20.6. The number of ether oxygens (including phenoxy) is 1. The van der Waals surface area contributed by atoms with Crippen molar-refractivity contribution >= 4 is 22.9 Å². The topological polar surface area (TPSA) is 100 Å². The van der Waals surface area contributed by atoms with Gasteiger partial charge in [0.25, 0.3) is 0 Å². The number of amides is 2. The summed E-state index contributed by atoms with van der Waals surface area (Å²) in [5.41, 5.74) is 5.69. The predicted molar refractivity (Wildman–Crippen MR) is 138 cm³/mol. The van der Waals surface area contributed by atoms with Gasteiger partial charge >= 0.3 is 6.03 Å². The highest BCUT2D eigenvalue weighted by Crippen LogP contribution is 2.55. The summed E-state index contributed by atoms with van der Waals surface area (Å²) in [7, 11) is 0. The smallest absolute Gasteiger partial charge is 0.319 e. The van der Waals surface area contributed by atoms with E-state index in [2.05, 4.69) is 27.8 Å². The molecule has 2 aromatic carbocycles. The molecular formula is C29H30N4O3. The van der Waals surface area contributed by atoms with E-state index in [4.69, 9.17) is 9.15 Å². The molecule has 5 rings (SSSR count). The molecule has 2 N–H and O–H groups in total. The number of rotatable bonds is 8. The number of fused-ring (bicyclic) bond motifs is 1. The highest BCUT2D eigenvalue weighted by molar-refractivity contribution is 6.05. The fourth-order valence-electron chi connectivity index (χ4n) is 5.07. The molecule has 3 aromatic rings. The molecule has 1 atom stereocenters. The minimum Gasteiger partial charge on any atom is -0.493 e. The Kier molecular flexibility index (Phi) is 6.77. The van der Waals surface area contributed by atoms with E-state index in [0.29, 0.717) is 30.5 Å². The van der Waals surface area contributed by atoms with Crippen molar-refractivity contribution < 1.29 is 13.9 Å². The Morgan fingerprint density at radius 2 is 2.03 bits per heavy atom. The first-order valence-corrected chi connectivity index (χ1v) is 12.5. The first kappa shape index (κ1) is 23.7. The van der Waals surface area contributed by atoms with E-state index in [1.807, 2.05) is 50.2 Å². The highest BCUT2D eigenvalue weighted by Gasteiger charge is 2.39. The van der Waals surface area contributed by atoms with Gasteiger partial charge in [0.15, 0.2) is 5.89 Å². The summed E-state index contributed by atoms with van der Waals surface area (Å²) in [6.07, 6.45) is 7.30. The Hall–Kier alpha value is -4.05. The third-order valence-corrected chi connectivity index (χ3v) is 6.88. The van der Waals surface area contributed by atoms with E-state index >= 15 is 0 Å². The first-order valence-electron chi connectivity index (χ1n) is 12.5. The van der Waals surface area contributed by atoms with Gasteiger partial charge in [-0.2, -0.15) is 5.26 Å². The van der Waals surface area contributed by atoms with Crippen LogP contribution in [0.4, 0.5) is 10.5 Å². The van der Waals surface area contributed by atoms with Gasteiger partial charge in [0.2, 0.25) is 0 Å². The van der Waals surface area contributed by atoms with Crippen LogP contribution in [0.5, 0.6) is 5.75 Å². The lowest BCUT2D eigenvalue weighted by atomic mass is 9.70. The minimum absolute atomic E-state index is 0.0588. The second-order valence-electron chi connectivity index (χ2n) is 9.67. The molecule has 2 aliphatic carbocycles. The molecule has 0 saturated heterocycles. The van der Waals surface area contributed by atoms with E-state index < -0.39 is 0 Å². The third kappa shape index (κ3) is 4.85. The van der Waals surface area contributed by atoms with Crippen molar-refractivity contribution in [3.8, 4) is 11.8 Å². The maximum atomic E-state index is 12.1. The van der Waals surface area contributed by atoms with Gasteiger partial charge in [-0.25, -0.2) is 9.78 Å². The molecule has 36 heavy (non-hydrogen) atoms. The van der Waals surface area contributed by atoms with Gasteiger partial charge in [-0.1, -0.05) is 18.6 Å². The minimum atomic E-state index is -0.231. The van der Waals surface area contributed by atoms with Crippen LogP contribution < -0.4 is 15.4 Å². The maximum Gasteiger partial charge on any atom is 0.319 e. The number of oxazole rings is 1. The van der Waals surface area contributed by atoms with Crippen molar-refractivity contribution in [1.82, 2.24) is 10.3 Å². The SMILES string of the molecule is CC(C)NC(=O)Nc1ccc(C2=C(C#N)c3ccc(OCCc4ncco4)cc3C2C2CCC2)cc1. The number of aromatic nitrogens is 1. The first-order chi connectivity index (χ1) is 17.5. The summed E-state index contributed by atoms with van der Waals surface area (Å²) in [4.78, 5) is 16.2. The number of hydrogen-bond acceptors (Lipinski definition) is 5. The van der Waals surface area contributed by atoms with Crippen molar-refractivity contribution in [1.29, 1.82) is 5.26 Å². The maximum absolute atomic E-state index is 12.1. The van der Waals surface area contributed by atoms with E-state index in [9.17, 15) is 10.1 Å². The van der Waals surface area contributed by atoms with Crippen molar-refractivity contribution in [2.24, 2.45) is 5.92 Å². The molecule has 0 spiro atoms. The van der Waals surface area contributed by atoms with Gasteiger partial charge in [-0.3, -0.25) is 0 Å². The van der Waals surface area contributed by atoms with Gasteiger partial charge in [0, 0.05) is 17.6 Å². The summed E-state index contributed by atoms with van der Waals surface area (Å²) in [6, 6.07) is 16.2. The van der Waals surface area contributed by atoms with Crippen molar-refractivity contribution in [3.63, 3.8) is 0 Å². The molecule has 0 bridgehead atoms. The Bertz CT molecular complexity index is 1300. The molecule has 7 nitrogen and oxygen atoms in total. The number of carbonyl (C=O) groups is 1. The third-order valence-electron chi connectivity index (χ3n) is 6.88. The summed E-state index contributed by atoms with van der Waals surface area (Å²) >= 11 is 0. The number of nitriles is 1. The Morgan fingerprint density at radius 3 is 2.67 bits per heavy atom. The fourth-order valence-corrected chi connectivity index (χ4v) is 5.07. The summed E-state index contributed by atoms with van der Waals surface area (Å²) < 4.78 is 11.3. The zero-order valence-corrected chi connectivity index (χ0v) is 20.6. The van der Waals surface area contributed by atoms with Gasteiger partial charge in [-0.15, -0.1) is 0 Å². The zero-order chi connectivity index (χ0) is 25.1. The van der Waals surface area contributed by atoms with Gasteiger partial charge < -0.3 is 19.8 Å². The van der Waals surface area contributed by atoms with Crippen molar-refractivity contribution in [3.05, 3.63) is 77.5 Å². The number of nitrogens with one attached hydrogen (secondary N) is 2. The molecule has 7 heteroatoms. The molecule has 2 amide bonds. The summed E-state index contributed by atoms with van der Waals surface area (Å²) in [5, 5.41) is 15.9. The second-order valence-corrected chi connectivity index (χ2v) is 9.67. The standard InChI is InChI=1S/C29H30N4O3/c1-18(2)32-29(34)33-21-8-6-20(7-9-21)28-25(17-30)23-11-10-22(35-14-12-26-31-13-15-36-26)16-24(23)27(28)19-4-3-5-19/h6-11,13,15-16,18-19,27H,3-5,12,14H2,1-2H3,(H2,32,33,34). The quantitative estimate of drug-likeness (QED) is 0.401. The average molecular weight is 483 g/mol. The Labute approximate surface area is 211 Å². The number of anilines is 1. The van der Waals surface area contributed by atoms with Crippen LogP contribution in [0.25, 0.3) is 11.1 Å². The molecule has 2 aliphatic rings. The van der Waals surface area contributed by atoms with Crippen LogP contribution in [-0.4, -0.2) is 23.7 Å². The lowest BCUT2D eigenvalue weighted by molar-refractivity contribution is 0.250. The van der Waals surface area contributed by atoms with Crippen LogP contribution >= 0.6 is 0 Å². The number of hydrogen-bond donors (Lipinski definition) is 2. The number of nitrogens with zero attached hydrogens (tertiary/aromatic N) is 2. The molecule has 0 radical (unpaired) electrons. The van der Waals surface area contributed by atoms with E-state index in [0.717, 1.165) is 40.9 Å². The van der Waals surface area contributed by atoms with E-state index in [1.54, 1.807) is 12.5 Å². The van der Waals surface area contributed by atoms with Crippen molar-refractivity contribution in [2.75, 3.05) is 11.9 Å². The number of allylic oxidation sites excluding steroid dienone is 2. The largest absolute Gasteiger partial charge is 0.493 e. The molecule has 1 aromatic heterocycles. The van der Waals surface area contributed by atoms with Gasteiger partial charge in [-0.05, 0) is 85.2 Å². The lowest BCUT2D eigenvalue weighted by Crippen LogP contribution is -2.34. The van der Waals surface area contributed by atoms with Gasteiger partial charge in [0.1, 0.15) is 18.1 Å². The second kappa shape index (κ2) is 10.3. The highest BCUT2D eigenvalue weighted by atomic mass is 16.5. The summed E-state index contributed by atoms with van der Waals surface area (Å²) in [6.45, 7) is 4.31. The van der Waals surface area contributed by atoms with Crippen LogP contribution in [0.3, 0.4) is 0 Å². The molecular weight excluding hydrogens is 452 g/mol. The van der Waals surface area contributed by atoms with Crippen molar-refractivity contribution in [2.45, 2.75) is 51.5 Å². The Balaban J connectivity index is 1.40. The molecule has 1 heterocycles. The van der Waals surface area contributed by atoms with Crippen LogP contribution in [0.15, 0.2) is 59.3 Å². The molecule has 0 aliphatic heterocycles. The number of carbonyl (C=O) groups excluding carboxylic acids is 1. The monoisotopic (exact) mass is 482 g/mol. The number of benzene rings is 2. The fraction of sp³-hybridized carbons (Fsp3) is 0.345. The lowest BCUT2D eigenvalue weighted by Gasteiger charge is -2.34. The predicted octanol–water partition coefficient (Wildman–Crippen LogP) is 6.16. The summed E-state index contributed by atoms with van der Waals surface area (Å²) in [5.74, 6) is 2.10. The van der Waals surface area contributed by atoms with Crippen LogP contribution in [0.2, 0.25) is 0 Å². The van der Waals surface area contributed by atoms with E-state index in [-0.39, 0.29) is 18.0 Å². The van der Waals surface area contributed by atoms with Crippen LogP contribution in [-0.2, 0) is 6.42 Å². The number of urea groups is 1. The normalized spacial score (nSPS) is 16.9. The Morgan fingerprint density at radius 1 is 1.22 bits per heavy atom. The van der Waals surface area contributed by atoms with Gasteiger partial charge in [0.05, 0.1) is 24.8 Å². The average Bonchev–Trinajstić information content (AvgIpc) is 3.44. The van der Waals surface area contributed by atoms with E-state index in [1.165, 1.54) is 12.0 Å². The molecule has 184 valence electrons. The molecule has 1 fully saturated rings. The molecule has 1 unspecified atom stereocenters. The van der Waals surface area contributed by atoms with Crippen LogP contribution in [0, 0.1) is 17.2 Å².